The summed E-state index contributed by atoms with van der Waals surface area (Å²) in [6, 6.07) is 13.6. The summed E-state index contributed by atoms with van der Waals surface area (Å²) in [5.74, 6) is 0.942. The molecule has 2 amide bonds. The molecule has 0 heterocycles. The van der Waals surface area contributed by atoms with Crippen LogP contribution < -0.4 is 20.1 Å². The summed E-state index contributed by atoms with van der Waals surface area (Å²) in [5, 5.41) is 5.85. The van der Waals surface area contributed by atoms with Crippen molar-refractivity contribution in [3.63, 3.8) is 0 Å². The number of amides is 2. The molecule has 0 atom stereocenters. The van der Waals surface area contributed by atoms with Crippen LogP contribution in [0.25, 0.3) is 0 Å². The summed E-state index contributed by atoms with van der Waals surface area (Å²) in [6.45, 7) is 2.91. The van der Waals surface area contributed by atoms with E-state index in [1.807, 2.05) is 49.4 Å². The van der Waals surface area contributed by atoms with Gasteiger partial charge in [0.05, 0.1) is 14.2 Å². The number of nitrogens with one attached hydrogen (secondary N) is 2. The smallest absolute Gasteiger partial charge is 0.235 e. The minimum atomic E-state index is -0.916. The van der Waals surface area contributed by atoms with Crippen LogP contribution in [0.1, 0.15) is 29.5 Å². The lowest BCUT2D eigenvalue weighted by molar-refractivity contribution is -0.137. The number of aryl methyl sites for hydroxylation is 1. The van der Waals surface area contributed by atoms with Crippen LogP contribution >= 0.6 is 0 Å². The van der Waals surface area contributed by atoms with E-state index in [0.29, 0.717) is 43.9 Å². The van der Waals surface area contributed by atoms with E-state index in [9.17, 15) is 9.59 Å². The van der Waals surface area contributed by atoms with Crippen LogP contribution in [0.2, 0.25) is 0 Å². The molecule has 0 aromatic heterocycles. The van der Waals surface area contributed by atoms with E-state index in [1.165, 1.54) is 0 Å². The number of carbonyl (C=O) groups excluding carboxylic acids is 2. The molecule has 2 N–H and O–H groups in total. The van der Waals surface area contributed by atoms with Crippen LogP contribution in [0.15, 0.2) is 42.5 Å². The predicted molar refractivity (Wildman–Crippen MR) is 111 cm³/mol. The maximum atomic E-state index is 12.6. The van der Waals surface area contributed by atoms with Crippen molar-refractivity contribution in [2.75, 3.05) is 20.8 Å². The molecule has 2 aromatic carbocycles. The van der Waals surface area contributed by atoms with E-state index in [-0.39, 0.29) is 11.8 Å². The third-order valence-electron chi connectivity index (χ3n) is 5.47. The Morgan fingerprint density at radius 3 is 2.31 bits per heavy atom. The Bertz CT molecular complexity index is 890. The minimum absolute atomic E-state index is 0.190. The number of hydrogen-bond donors (Lipinski definition) is 2. The highest BCUT2D eigenvalue weighted by Gasteiger charge is 2.56. The Labute approximate surface area is 171 Å². The SMILES string of the molecule is COc1ccc(CCNC(=O)C2(C(=O)NCc3ccccc3C)CC2)cc1OC. The molecule has 0 unspecified atom stereocenters. The molecule has 1 fully saturated rings. The molecular formula is C23H28N2O4. The Morgan fingerprint density at radius 1 is 0.966 bits per heavy atom. The van der Waals surface area contributed by atoms with Crippen molar-refractivity contribution in [1.29, 1.82) is 0 Å². The predicted octanol–water partition coefficient (Wildman–Crippen LogP) is 2.77. The Hall–Kier alpha value is -3.02. The van der Waals surface area contributed by atoms with Gasteiger partial charge in [0.15, 0.2) is 11.5 Å². The first-order valence-corrected chi connectivity index (χ1v) is 9.82. The van der Waals surface area contributed by atoms with E-state index in [2.05, 4.69) is 10.6 Å². The standard InChI is InChI=1S/C23H28N2O4/c1-16-6-4-5-7-18(16)15-25-22(27)23(11-12-23)21(26)24-13-10-17-8-9-19(28-2)20(14-17)29-3/h4-9,14H,10-13,15H2,1-3H3,(H,24,26)(H,25,27). The maximum absolute atomic E-state index is 12.6. The lowest BCUT2D eigenvalue weighted by Gasteiger charge is -2.16. The molecule has 1 aliphatic rings. The van der Waals surface area contributed by atoms with Gasteiger partial charge in [-0.2, -0.15) is 0 Å². The minimum Gasteiger partial charge on any atom is -0.493 e. The summed E-state index contributed by atoms with van der Waals surface area (Å²) in [6.07, 6.45) is 1.83. The van der Waals surface area contributed by atoms with Crippen LogP contribution in [0, 0.1) is 12.3 Å². The van der Waals surface area contributed by atoms with Gasteiger partial charge in [0.1, 0.15) is 5.41 Å². The highest BCUT2D eigenvalue weighted by Crippen LogP contribution is 2.46. The van der Waals surface area contributed by atoms with Crippen molar-refractivity contribution in [3.05, 3.63) is 59.2 Å². The summed E-state index contributed by atoms with van der Waals surface area (Å²) in [5.41, 5.74) is 2.29. The lowest BCUT2D eigenvalue weighted by Crippen LogP contribution is -2.43. The van der Waals surface area contributed by atoms with Crippen LogP contribution in [-0.4, -0.2) is 32.6 Å². The second kappa shape index (κ2) is 8.99. The Morgan fingerprint density at radius 2 is 1.66 bits per heavy atom. The zero-order valence-electron chi connectivity index (χ0n) is 17.2. The highest BCUT2D eigenvalue weighted by molar-refractivity contribution is 6.07. The molecular weight excluding hydrogens is 368 g/mol. The molecule has 1 saturated carbocycles. The summed E-state index contributed by atoms with van der Waals surface area (Å²) in [4.78, 5) is 25.3. The Kier molecular flexibility index (Phi) is 6.42. The number of methoxy groups -OCH3 is 2. The fourth-order valence-electron chi connectivity index (χ4n) is 3.36. The second-order valence-corrected chi connectivity index (χ2v) is 7.39. The molecule has 3 rings (SSSR count). The number of hydrogen-bond acceptors (Lipinski definition) is 4. The molecule has 6 heteroatoms. The van der Waals surface area contributed by atoms with Gasteiger partial charge in [-0.25, -0.2) is 0 Å². The van der Waals surface area contributed by atoms with E-state index in [0.717, 1.165) is 16.7 Å². The first-order valence-electron chi connectivity index (χ1n) is 9.82. The lowest BCUT2D eigenvalue weighted by atomic mass is 10.0. The first-order chi connectivity index (χ1) is 14.0. The molecule has 2 aromatic rings. The van der Waals surface area contributed by atoms with Gasteiger partial charge in [0.25, 0.3) is 0 Å². The summed E-state index contributed by atoms with van der Waals surface area (Å²) in [7, 11) is 3.19. The number of ether oxygens (including phenoxy) is 2. The van der Waals surface area contributed by atoms with Gasteiger partial charge in [-0.05, 0) is 55.0 Å². The third-order valence-corrected chi connectivity index (χ3v) is 5.47. The molecule has 6 nitrogen and oxygen atoms in total. The quantitative estimate of drug-likeness (QED) is 0.639. The van der Waals surface area contributed by atoms with Crippen molar-refractivity contribution in [2.24, 2.45) is 5.41 Å². The summed E-state index contributed by atoms with van der Waals surface area (Å²) < 4.78 is 10.5. The van der Waals surface area contributed by atoms with E-state index in [4.69, 9.17) is 9.47 Å². The monoisotopic (exact) mass is 396 g/mol. The van der Waals surface area contributed by atoms with Gasteiger partial charge in [0, 0.05) is 13.1 Å². The van der Waals surface area contributed by atoms with Crippen molar-refractivity contribution in [3.8, 4) is 11.5 Å². The van der Waals surface area contributed by atoms with Crippen molar-refractivity contribution in [2.45, 2.75) is 32.7 Å². The molecule has 154 valence electrons. The van der Waals surface area contributed by atoms with Crippen LogP contribution in [-0.2, 0) is 22.6 Å². The number of carbonyl (C=O) groups is 2. The highest BCUT2D eigenvalue weighted by atomic mass is 16.5. The van der Waals surface area contributed by atoms with Crippen LogP contribution in [0.3, 0.4) is 0 Å². The van der Waals surface area contributed by atoms with Gasteiger partial charge in [-0.15, -0.1) is 0 Å². The molecule has 0 aliphatic heterocycles. The normalized spacial score (nSPS) is 14.0. The van der Waals surface area contributed by atoms with Crippen LogP contribution in [0.4, 0.5) is 0 Å². The van der Waals surface area contributed by atoms with Gasteiger partial charge >= 0.3 is 0 Å². The maximum Gasteiger partial charge on any atom is 0.235 e. The largest absolute Gasteiger partial charge is 0.493 e. The third kappa shape index (κ3) is 4.70. The average molecular weight is 396 g/mol. The summed E-state index contributed by atoms with van der Waals surface area (Å²) >= 11 is 0. The molecule has 0 saturated heterocycles. The molecule has 29 heavy (non-hydrogen) atoms. The van der Waals surface area contributed by atoms with Gasteiger partial charge in [-0.1, -0.05) is 30.3 Å². The fraction of sp³-hybridized carbons (Fsp3) is 0.391. The molecule has 0 spiro atoms. The zero-order valence-corrected chi connectivity index (χ0v) is 17.2. The number of rotatable bonds is 9. The molecule has 0 bridgehead atoms. The van der Waals surface area contributed by atoms with Gasteiger partial charge < -0.3 is 20.1 Å². The topological polar surface area (TPSA) is 76.7 Å². The molecule has 0 radical (unpaired) electrons. The Balaban J connectivity index is 1.51. The van der Waals surface area contributed by atoms with Gasteiger partial charge in [-0.3, -0.25) is 9.59 Å². The average Bonchev–Trinajstić information content (AvgIpc) is 3.55. The number of benzene rings is 2. The molecule has 1 aliphatic carbocycles. The van der Waals surface area contributed by atoms with Crippen LogP contribution in [0.5, 0.6) is 11.5 Å². The fourth-order valence-corrected chi connectivity index (χ4v) is 3.36. The first kappa shape index (κ1) is 20.7. The second-order valence-electron chi connectivity index (χ2n) is 7.39. The van der Waals surface area contributed by atoms with E-state index in [1.54, 1.807) is 14.2 Å². The van der Waals surface area contributed by atoms with E-state index < -0.39 is 5.41 Å². The van der Waals surface area contributed by atoms with E-state index >= 15 is 0 Å². The van der Waals surface area contributed by atoms with Crippen molar-refractivity contribution >= 4 is 11.8 Å². The van der Waals surface area contributed by atoms with Crippen molar-refractivity contribution < 1.29 is 19.1 Å². The van der Waals surface area contributed by atoms with Crippen molar-refractivity contribution in [1.82, 2.24) is 10.6 Å². The van der Waals surface area contributed by atoms with Gasteiger partial charge in [0.2, 0.25) is 11.8 Å². The zero-order chi connectivity index (χ0) is 20.9.